The van der Waals surface area contributed by atoms with Gasteiger partial charge in [0.1, 0.15) is 10.8 Å². The maximum absolute atomic E-state index is 6.00. The third-order valence-electron chi connectivity index (χ3n) is 2.96. The maximum Gasteiger partial charge on any atom is 0.169 e. The molecule has 0 unspecified atom stereocenters. The number of thiazole rings is 1. The lowest BCUT2D eigenvalue weighted by Gasteiger charge is -2.04. The Morgan fingerprint density at radius 3 is 2.73 bits per heavy atom. The fourth-order valence-corrected chi connectivity index (χ4v) is 3.39. The molecule has 1 N–H and O–H groups in total. The van der Waals surface area contributed by atoms with Crippen molar-refractivity contribution in [2.75, 3.05) is 0 Å². The molecule has 1 aromatic carbocycles. The van der Waals surface area contributed by atoms with Gasteiger partial charge in [0.15, 0.2) is 4.67 Å². The van der Waals surface area contributed by atoms with Gasteiger partial charge in [0.25, 0.3) is 0 Å². The second-order valence-electron chi connectivity index (χ2n) is 4.57. The molecule has 0 amide bonds. The van der Waals surface area contributed by atoms with Gasteiger partial charge in [-0.1, -0.05) is 29.3 Å². The molecule has 3 rings (SSSR count). The first-order valence-electron chi connectivity index (χ1n) is 6.47. The van der Waals surface area contributed by atoms with E-state index in [4.69, 9.17) is 27.6 Å². The highest BCUT2D eigenvalue weighted by Gasteiger charge is 2.08. The number of halogens is 3. The Hall–Kier alpha value is -0.850. The Kier molecular flexibility index (Phi) is 5.21. The molecule has 2 aromatic heterocycles. The quantitative estimate of drug-likeness (QED) is 0.573. The normalized spacial score (nSPS) is 11.0. The zero-order chi connectivity index (χ0) is 15.5. The first-order chi connectivity index (χ1) is 10.6. The minimum atomic E-state index is 0.569. The van der Waals surface area contributed by atoms with Crippen LogP contribution in [0.25, 0.3) is 10.6 Å². The van der Waals surface area contributed by atoms with Crippen molar-refractivity contribution in [3.05, 3.63) is 61.8 Å². The van der Waals surface area contributed by atoms with Crippen molar-refractivity contribution in [3.63, 3.8) is 0 Å². The summed E-state index contributed by atoms with van der Waals surface area (Å²) in [6, 6.07) is 9.42. The first kappa shape index (κ1) is 16.0. The van der Waals surface area contributed by atoms with Crippen LogP contribution in [-0.2, 0) is 13.1 Å². The van der Waals surface area contributed by atoms with Gasteiger partial charge < -0.3 is 9.73 Å². The van der Waals surface area contributed by atoms with Crippen LogP contribution in [0.5, 0.6) is 0 Å². The van der Waals surface area contributed by atoms with Crippen LogP contribution < -0.4 is 5.32 Å². The van der Waals surface area contributed by atoms with Gasteiger partial charge >= 0.3 is 0 Å². The molecule has 0 spiro atoms. The summed E-state index contributed by atoms with van der Waals surface area (Å²) in [5.74, 6) is 0.820. The third-order valence-corrected chi connectivity index (χ3v) is 5.14. The summed E-state index contributed by atoms with van der Waals surface area (Å²) in [6.45, 7) is 1.39. The Bertz CT molecular complexity index is 787. The van der Waals surface area contributed by atoms with E-state index in [0.29, 0.717) is 23.1 Å². The fraction of sp³-hybridized carbons (Fsp3) is 0.133. The summed E-state index contributed by atoms with van der Waals surface area (Å²) in [7, 11) is 0. The van der Waals surface area contributed by atoms with Crippen molar-refractivity contribution in [1.82, 2.24) is 10.3 Å². The van der Waals surface area contributed by atoms with Gasteiger partial charge in [-0.25, -0.2) is 4.98 Å². The molecule has 0 saturated carbocycles. The van der Waals surface area contributed by atoms with E-state index >= 15 is 0 Å². The molecule has 0 atom stereocenters. The lowest BCUT2D eigenvalue weighted by atomic mass is 10.2. The molecule has 7 heteroatoms. The highest BCUT2D eigenvalue weighted by Crippen LogP contribution is 2.29. The topological polar surface area (TPSA) is 38.1 Å². The van der Waals surface area contributed by atoms with Gasteiger partial charge in [0.05, 0.1) is 14.9 Å². The monoisotopic (exact) mass is 416 g/mol. The third kappa shape index (κ3) is 3.91. The number of hydrogen-bond donors (Lipinski definition) is 1. The SMILES string of the molecule is Clc1ccc(CNCc2ncc(-c3ccc(Br)o3)s2)cc1Cl. The fourth-order valence-electron chi connectivity index (χ4n) is 1.92. The van der Waals surface area contributed by atoms with Crippen LogP contribution in [0.3, 0.4) is 0 Å². The summed E-state index contributed by atoms with van der Waals surface area (Å²) < 4.78 is 6.24. The Morgan fingerprint density at radius 2 is 2.00 bits per heavy atom. The molecule has 3 nitrogen and oxygen atoms in total. The molecular weight excluding hydrogens is 407 g/mol. The van der Waals surface area contributed by atoms with Crippen LogP contribution in [0.2, 0.25) is 10.0 Å². The number of nitrogens with one attached hydrogen (secondary N) is 1. The van der Waals surface area contributed by atoms with Crippen molar-refractivity contribution in [1.29, 1.82) is 0 Å². The number of furan rings is 1. The average molecular weight is 418 g/mol. The minimum Gasteiger partial charge on any atom is -0.448 e. The first-order valence-corrected chi connectivity index (χ1v) is 8.83. The highest BCUT2D eigenvalue weighted by atomic mass is 79.9. The Morgan fingerprint density at radius 1 is 1.14 bits per heavy atom. The lowest BCUT2D eigenvalue weighted by Crippen LogP contribution is -2.12. The molecule has 0 aliphatic carbocycles. The van der Waals surface area contributed by atoms with E-state index in [1.807, 2.05) is 30.5 Å². The molecular formula is C15H11BrCl2N2OS. The maximum atomic E-state index is 6.00. The second-order valence-corrected chi connectivity index (χ2v) is 7.29. The molecule has 0 fully saturated rings. The van der Waals surface area contributed by atoms with Crippen molar-refractivity contribution in [2.45, 2.75) is 13.1 Å². The second kappa shape index (κ2) is 7.15. The molecule has 22 heavy (non-hydrogen) atoms. The van der Waals surface area contributed by atoms with Gasteiger partial charge in [-0.15, -0.1) is 11.3 Å². The summed E-state index contributed by atoms with van der Waals surface area (Å²) in [5.41, 5.74) is 1.08. The zero-order valence-electron chi connectivity index (χ0n) is 11.3. The van der Waals surface area contributed by atoms with Crippen molar-refractivity contribution < 1.29 is 4.42 Å². The van der Waals surface area contributed by atoms with Crippen molar-refractivity contribution in [3.8, 4) is 10.6 Å². The molecule has 2 heterocycles. The van der Waals surface area contributed by atoms with Crippen LogP contribution in [0, 0.1) is 0 Å². The summed E-state index contributed by atoms with van der Waals surface area (Å²) in [5, 5.41) is 5.48. The largest absolute Gasteiger partial charge is 0.448 e. The van der Waals surface area contributed by atoms with Crippen molar-refractivity contribution >= 4 is 50.5 Å². The molecule has 0 bridgehead atoms. The van der Waals surface area contributed by atoms with Crippen LogP contribution in [0.4, 0.5) is 0 Å². The zero-order valence-corrected chi connectivity index (χ0v) is 15.2. The highest BCUT2D eigenvalue weighted by molar-refractivity contribution is 9.10. The van der Waals surface area contributed by atoms with E-state index in [0.717, 1.165) is 25.9 Å². The van der Waals surface area contributed by atoms with Crippen LogP contribution in [0.1, 0.15) is 10.6 Å². The van der Waals surface area contributed by atoms with Crippen molar-refractivity contribution in [2.24, 2.45) is 0 Å². The minimum absolute atomic E-state index is 0.569. The lowest BCUT2D eigenvalue weighted by molar-refractivity contribution is 0.557. The number of hydrogen-bond acceptors (Lipinski definition) is 4. The van der Waals surface area contributed by atoms with Gasteiger partial charge in [-0.2, -0.15) is 0 Å². The average Bonchev–Trinajstić information content (AvgIpc) is 3.12. The number of rotatable bonds is 5. The van der Waals surface area contributed by atoms with E-state index in [2.05, 4.69) is 26.2 Å². The standard InChI is InChI=1S/C15H11BrCl2N2OS/c16-14-4-3-12(21-14)13-7-20-15(22-13)8-19-6-9-1-2-10(17)11(18)5-9/h1-5,7,19H,6,8H2. The predicted molar refractivity (Wildman–Crippen MR) is 94.5 cm³/mol. The van der Waals surface area contributed by atoms with Gasteiger partial charge in [0.2, 0.25) is 0 Å². The van der Waals surface area contributed by atoms with Crippen LogP contribution in [-0.4, -0.2) is 4.98 Å². The molecule has 0 aliphatic rings. The van der Waals surface area contributed by atoms with Crippen LogP contribution in [0.15, 0.2) is 45.6 Å². The van der Waals surface area contributed by atoms with E-state index in [1.54, 1.807) is 17.4 Å². The Labute approximate surface area is 150 Å². The Balaban J connectivity index is 1.58. The van der Waals surface area contributed by atoms with Gasteiger partial charge in [-0.3, -0.25) is 0 Å². The molecule has 114 valence electrons. The molecule has 3 aromatic rings. The molecule has 0 radical (unpaired) electrons. The predicted octanol–water partition coefficient (Wildman–Crippen LogP) is 5.76. The van der Waals surface area contributed by atoms with Gasteiger partial charge in [0, 0.05) is 19.3 Å². The number of benzene rings is 1. The molecule has 0 saturated heterocycles. The summed E-state index contributed by atoms with van der Waals surface area (Å²) in [6.07, 6.45) is 1.83. The van der Waals surface area contributed by atoms with E-state index < -0.39 is 0 Å². The van der Waals surface area contributed by atoms with Gasteiger partial charge in [-0.05, 0) is 45.8 Å². The van der Waals surface area contributed by atoms with E-state index in [1.165, 1.54) is 0 Å². The smallest absolute Gasteiger partial charge is 0.169 e. The van der Waals surface area contributed by atoms with E-state index in [-0.39, 0.29) is 0 Å². The summed E-state index contributed by atoms with van der Waals surface area (Å²) in [4.78, 5) is 5.41. The molecule has 0 aliphatic heterocycles. The number of aromatic nitrogens is 1. The van der Waals surface area contributed by atoms with E-state index in [9.17, 15) is 0 Å². The number of nitrogens with zero attached hydrogens (tertiary/aromatic N) is 1. The summed E-state index contributed by atoms with van der Waals surface area (Å²) >= 11 is 16.8. The van der Waals surface area contributed by atoms with Crippen LogP contribution >= 0.6 is 50.5 Å².